The third kappa shape index (κ3) is 3.92. The van der Waals surface area contributed by atoms with E-state index in [0.29, 0.717) is 48.4 Å². The maximum Gasteiger partial charge on any atom is 0.272 e. The van der Waals surface area contributed by atoms with Crippen molar-refractivity contribution in [3.63, 3.8) is 0 Å². The van der Waals surface area contributed by atoms with E-state index in [-0.39, 0.29) is 17.4 Å². The molecule has 2 amide bonds. The molecule has 1 aromatic heterocycles. The molecule has 2 aliphatic rings. The number of halogens is 3. The molecule has 1 unspecified atom stereocenters. The van der Waals surface area contributed by atoms with Crippen LogP contribution in [0.1, 0.15) is 79.5 Å². The number of nitrogens with zero attached hydrogens (tertiary/aromatic N) is 1. The summed E-state index contributed by atoms with van der Waals surface area (Å²) in [7, 11) is 0. The van der Waals surface area contributed by atoms with Crippen LogP contribution < -0.4 is 10.6 Å². The number of aromatic nitrogens is 1. The summed E-state index contributed by atoms with van der Waals surface area (Å²) in [6.45, 7) is 7.46. The summed E-state index contributed by atoms with van der Waals surface area (Å²) >= 11 is 0. The fourth-order valence-corrected chi connectivity index (χ4v) is 4.76. The molecule has 3 N–H and O–H groups in total. The zero-order chi connectivity index (χ0) is 24.2. The first-order valence-electron chi connectivity index (χ1n) is 11.2. The first-order valence-corrected chi connectivity index (χ1v) is 11.2. The average Bonchev–Trinajstić information content (AvgIpc) is 3.34. The highest BCUT2D eigenvalue weighted by molar-refractivity contribution is 6.05. The summed E-state index contributed by atoms with van der Waals surface area (Å²) < 4.78 is 42.3. The van der Waals surface area contributed by atoms with Crippen molar-refractivity contribution in [1.29, 1.82) is 0 Å². The van der Waals surface area contributed by atoms with Gasteiger partial charge in [-0.05, 0) is 51.0 Å². The van der Waals surface area contributed by atoms with Gasteiger partial charge in [-0.2, -0.15) is 0 Å². The molecule has 2 aromatic rings. The first-order chi connectivity index (χ1) is 15.5. The maximum absolute atomic E-state index is 13.6. The van der Waals surface area contributed by atoms with Crippen LogP contribution in [0, 0.1) is 30.3 Å². The number of aliphatic hydroxyl groups is 1. The van der Waals surface area contributed by atoms with E-state index in [1.165, 1.54) is 0 Å². The topological polar surface area (TPSA) is 83.4 Å². The molecular formula is C24H28F3N3O3. The Morgan fingerprint density at radius 3 is 2.39 bits per heavy atom. The van der Waals surface area contributed by atoms with Gasteiger partial charge in [0.1, 0.15) is 5.69 Å². The lowest BCUT2D eigenvalue weighted by Crippen LogP contribution is -2.47. The van der Waals surface area contributed by atoms with Crippen LogP contribution in [-0.2, 0) is 11.2 Å². The van der Waals surface area contributed by atoms with Gasteiger partial charge in [0.25, 0.3) is 11.8 Å². The number of carbonyl (C=O) groups excluding carboxylic acids is 2. The molecule has 178 valence electrons. The Morgan fingerprint density at radius 2 is 1.82 bits per heavy atom. The number of rotatable bonds is 7. The Morgan fingerprint density at radius 1 is 1.21 bits per heavy atom. The highest BCUT2D eigenvalue weighted by atomic mass is 19.2. The lowest BCUT2D eigenvalue weighted by Gasteiger charge is -2.29. The summed E-state index contributed by atoms with van der Waals surface area (Å²) in [6, 6.07) is 1.50. The lowest BCUT2D eigenvalue weighted by molar-refractivity contribution is -0.131. The molecule has 1 fully saturated rings. The van der Waals surface area contributed by atoms with Gasteiger partial charge in [0.2, 0.25) is 0 Å². The Balaban J connectivity index is 1.68. The summed E-state index contributed by atoms with van der Waals surface area (Å²) in [6.07, 6.45) is 1.45. The zero-order valence-corrected chi connectivity index (χ0v) is 19.1. The Bertz CT molecular complexity index is 1120. The van der Waals surface area contributed by atoms with Crippen LogP contribution in [0.2, 0.25) is 0 Å². The molecule has 9 heteroatoms. The number of amides is 2. The molecule has 0 bridgehead atoms. The third-order valence-corrected chi connectivity index (χ3v) is 7.24. The summed E-state index contributed by atoms with van der Waals surface area (Å²) in [5.74, 6) is -5.28. The normalized spacial score (nSPS) is 19.6. The minimum Gasteiger partial charge on any atom is -0.378 e. The molecule has 0 spiro atoms. The van der Waals surface area contributed by atoms with Gasteiger partial charge in [0.05, 0.1) is 0 Å². The summed E-state index contributed by atoms with van der Waals surface area (Å²) in [4.78, 5) is 26.0. The maximum atomic E-state index is 13.6. The molecule has 1 aromatic carbocycles. The van der Waals surface area contributed by atoms with Gasteiger partial charge in [0.15, 0.2) is 23.6 Å². The third-order valence-electron chi connectivity index (χ3n) is 7.24. The van der Waals surface area contributed by atoms with Crippen molar-refractivity contribution in [2.45, 2.75) is 71.1 Å². The number of carbonyl (C=O) groups is 2. The average molecular weight is 464 g/mol. The number of benzene rings is 1. The van der Waals surface area contributed by atoms with Crippen LogP contribution in [0.25, 0.3) is 0 Å². The number of nitrogens with one attached hydrogen (secondary N) is 2. The molecular weight excluding hydrogens is 435 g/mol. The highest BCUT2D eigenvalue weighted by Gasteiger charge is 2.50. The number of hydrogen-bond donors (Lipinski definition) is 3. The molecule has 0 saturated heterocycles. The molecule has 33 heavy (non-hydrogen) atoms. The number of aliphatic hydroxyl groups excluding tert-OH is 1. The van der Waals surface area contributed by atoms with Crippen LogP contribution in [-0.4, -0.2) is 27.0 Å². The van der Waals surface area contributed by atoms with Crippen LogP contribution in [0.4, 0.5) is 18.9 Å². The summed E-state index contributed by atoms with van der Waals surface area (Å²) in [5.41, 5.74) is 1.11. The Kier molecular flexibility index (Phi) is 5.80. The number of fused-ring (bicyclic) bond motifs is 3. The largest absolute Gasteiger partial charge is 0.378 e. The van der Waals surface area contributed by atoms with Gasteiger partial charge in [-0.15, -0.1) is 0 Å². The predicted octanol–water partition coefficient (Wildman–Crippen LogP) is 4.31. The minimum absolute atomic E-state index is 0.0849. The van der Waals surface area contributed by atoms with E-state index in [0.717, 1.165) is 12.1 Å². The quantitative estimate of drug-likeness (QED) is 0.535. The van der Waals surface area contributed by atoms with Crippen molar-refractivity contribution < 1.29 is 27.9 Å². The molecule has 1 aliphatic heterocycles. The van der Waals surface area contributed by atoms with E-state index in [1.54, 1.807) is 6.92 Å². The van der Waals surface area contributed by atoms with E-state index in [9.17, 15) is 27.9 Å². The van der Waals surface area contributed by atoms with Gasteiger partial charge in [-0.25, -0.2) is 13.2 Å². The van der Waals surface area contributed by atoms with E-state index in [4.69, 9.17) is 0 Å². The van der Waals surface area contributed by atoms with E-state index in [2.05, 4.69) is 10.6 Å². The molecule has 1 aliphatic carbocycles. The molecule has 3 atom stereocenters. The second-order valence-corrected chi connectivity index (χ2v) is 9.34. The zero-order valence-electron chi connectivity index (χ0n) is 19.1. The van der Waals surface area contributed by atoms with Gasteiger partial charge in [-0.3, -0.25) is 9.59 Å². The number of anilines is 1. The van der Waals surface area contributed by atoms with Gasteiger partial charge in [0, 0.05) is 40.7 Å². The standard InChI is InChI=1S/C24H28F3N3O3/c1-5-24(4,6-2)29-23(33)21(31)18-11(3)20(30-16-7-12(16)8-17(18)30)22(32)28-13-9-14(25)19(27)15(26)10-13/h9-10,12,16,21,31H,5-8H2,1-4H3,(H,28,32)(H,29,33)/t12-,16-,21?/m1/s1. The van der Waals surface area contributed by atoms with Crippen molar-refractivity contribution in [3.05, 3.63) is 52.1 Å². The highest BCUT2D eigenvalue weighted by Crippen LogP contribution is 2.55. The van der Waals surface area contributed by atoms with Crippen molar-refractivity contribution in [2.24, 2.45) is 5.92 Å². The van der Waals surface area contributed by atoms with Crippen LogP contribution in [0.15, 0.2) is 12.1 Å². The fraction of sp³-hybridized carbons (Fsp3) is 0.500. The van der Waals surface area contributed by atoms with Gasteiger partial charge < -0.3 is 20.3 Å². The van der Waals surface area contributed by atoms with Crippen molar-refractivity contribution >= 4 is 17.5 Å². The summed E-state index contributed by atoms with van der Waals surface area (Å²) in [5, 5.41) is 16.3. The fourth-order valence-electron chi connectivity index (χ4n) is 4.76. The van der Waals surface area contributed by atoms with Gasteiger partial charge >= 0.3 is 0 Å². The molecule has 1 saturated carbocycles. The Labute approximate surface area is 190 Å². The molecule has 6 nitrogen and oxygen atoms in total. The SMILES string of the molecule is CCC(C)(CC)NC(=O)C(O)c1c(C)c(C(=O)Nc2cc(F)c(F)c(F)c2)n2c1C[C@H]1C[C@H]12. The smallest absolute Gasteiger partial charge is 0.272 e. The van der Waals surface area contributed by atoms with Crippen LogP contribution in [0.3, 0.4) is 0 Å². The van der Waals surface area contributed by atoms with Crippen LogP contribution >= 0.6 is 0 Å². The van der Waals surface area contributed by atoms with Crippen molar-refractivity contribution in [1.82, 2.24) is 9.88 Å². The predicted molar refractivity (Wildman–Crippen MR) is 116 cm³/mol. The first kappa shape index (κ1) is 23.4. The van der Waals surface area contributed by atoms with E-state index in [1.807, 2.05) is 25.3 Å². The minimum atomic E-state index is -1.61. The molecule has 0 radical (unpaired) electrons. The molecule has 2 heterocycles. The second kappa shape index (κ2) is 8.20. The number of hydrogen-bond acceptors (Lipinski definition) is 3. The van der Waals surface area contributed by atoms with Gasteiger partial charge in [-0.1, -0.05) is 13.8 Å². The Hall–Kier alpha value is -2.81. The van der Waals surface area contributed by atoms with E-state index < -0.39 is 40.9 Å². The lowest BCUT2D eigenvalue weighted by atomic mass is 9.94. The van der Waals surface area contributed by atoms with Crippen molar-refractivity contribution in [2.75, 3.05) is 5.32 Å². The van der Waals surface area contributed by atoms with Crippen LogP contribution in [0.5, 0.6) is 0 Å². The molecule has 4 rings (SSSR count). The van der Waals surface area contributed by atoms with Crippen molar-refractivity contribution in [3.8, 4) is 0 Å². The monoisotopic (exact) mass is 463 g/mol. The second-order valence-electron chi connectivity index (χ2n) is 9.34. The van der Waals surface area contributed by atoms with E-state index >= 15 is 0 Å².